The molecule has 0 heterocycles. The summed E-state index contributed by atoms with van der Waals surface area (Å²) in [5.41, 5.74) is 1.19. The fourth-order valence-corrected chi connectivity index (χ4v) is 9.20. The smallest absolute Gasteiger partial charge is 0 e. The average molecular weight is 1150 g/mol. The number of rotatable bonds is 6. The maximum Gasteiger partial charge on any atom is 0 e. The van der Waals surface area contributed by atoms with E-state index in [1.54, 1.807) is 49.9 Å². The number of hydrogen-bond acceptors (Lipinski definition) is 2. The van der Waals surface area contributed by atoms with Crippen LogP contribution in [0.3, 0.4) is 0 Å². The van der Waals surface area contributed by atoms with Crippen LogP contribution in [0.2, 0.25) is 0 Å². The van der Waals surface area contributed by atoms with Gasteiger partial charge in [-0.05, 0) is 51.4 Å². The van der Waals surface area contributed by atoms with Gasteiger partial charge in [0.25, 0.3) is 0 Å². The Morgan fingerprint density at radius 3 is 0.788 bits per heavy atom. The fourth-order valence-electron chi connectivity index (χ4n) is 3.29. The van der Waals surface area contributed by atoms with Crippen LogP contribution in [0.4, 0.5) is 0 Å². The van der Waals surface area contributed by atoms with Gasteiger partial charge in [0.2, 0.25) is 0 Å². The maximum absolute atomic E-state index is 12.1. The van der Waals surface area contributed by atoms with E-state index >= 15 is 0 Å². The van der Waals surface area contributed by atoms with Crippen LogP contribution in [0.15, 0.2) is 84.9 Å². The second kappa shape index (κ2) is 46.7. The summed E-state index contributed by atoms with van der Waals surface area (Å²) in [6.45, 7) is 27.0. The van der Waals surface area contributed by atoms with E-state index in [9.17, 15) is 9.59 Å². The van der Waals surface area contributed by atoms with Gasteiger partial charge in [0.1, 0.15) is 0 Å². The number of ketones is 2. The van der Waals surface area contributed by atoms with E-state index < -0.39 is 35.0 Å². The molecule has 0 aliphatic heterocycles. The van der Waals surface area contributed by atoms with Gasteiger partial charge in [-0.25, -0.2) is 0 Å². The molecule has 262 valence electrons. The summed E-state index contributed by atoms with van der Waals surface area (Å²) in [6, 6.07) is 26.5. The molecule has 0 saturated heterocycles. The van der Waals surface area contributed by atoms with E-state index in [2.05, 4.69) is 39.9 Å². The molecule has 0 atom stereocenters. The van der Waals surface area contributed by atoms with Gasteiger partial charge in [-0.2, -0.15) is 0 Å². The van der Waals surface area contributed by atoms with Gasteiger partial charge in [0, 0.05) is 53.3 Å². The topological polar surface area (TPSA) is 154 Å². The molecule has 0 unspecified atom stereocenters. The van der Waals surface area contributed by atoms with Gasteiger partial charge in [0.15, 0.2) is 11.6 Å². The minimum absolute atomic E-state index is 0. The zero-order valence-corrected chi connectivity index (χ0v) is 39.0. The standard InChI is InChI=1S/C18H12O2.2C6H5.6CO.4ClH.2Mo.2Sn/c19-17(13-5-1-2-6-13)15-9-11-16(12-10-15)18(20)14-7-3-4-8-14;2*1-2-4-6-5-3-1;6*1-2;;;;;;;;/h1-12H;2*1-5H;;;;;;;4*1H;;;;/q;;;;;;;;;;;;;;;2*+2/p-4. The molecule has 12 radical (unpaired) electrons. The number of Topliss-reactive ketones (excluding diaryl/α,β-unsaturated/α-hetero) is 2. The van der Waals surface area contributed by atoms with Crippen molar-refractivity contribution in [3.63, 3.8) is 0 Å². The van der Waals surface area contributed by atoms with Gasteiger partial charge < -0.3 is 0 Å². The maximum atomic E-state index is 12.1. The summed E-state index contributed by atoms with van der Waals surface area (Å²) >= 11 is -4.16. The van der Waals surface area contributed by atoms with Crippen molar-refractivity contribution in [2.24, 2.45) is 0 Å². The Hall–Kier alpha value is -0.426. The van der Waals surface area contributed by atoms with Crippen LogP contribution >= 0.6 is 35.7 Å². The van der Waals surface area contributed by atoms with Crippen LogP contribution in [0.25, 0.3) is 0 Å². The van der Waals surface area contributed by atoms with Crippen molar-refractivity contribution in [1.82, 2.24) is 0 Å². The van der Waals surface area contributed by atoms with Crippen LogP contribution in [-0.4, -0.2) is 46.6 Å². The minimum atomic E-state index is -2.08. The predicted octanol–water partition coefficient (Wildman–Crippen LogP) is 6.35. The molecule has 3 aromatic rings. The second-order valence-electron chi connectivity index (χ2n) is 7.84. The number of hydrogen-bond donors (Lipinski definition) is 0. The molecule has 0 aromatic heterocycles. The monoisotopic (exact) mass is 1160 g/mol. The SMILES string of the molecule is O=C([C]1[CH][CH][CH][CH]1)c1ccc(C(=O)[C]2[CH][CH][CH][CH]2)cc1.[C-]#[O+].[C-]#[O+].[C-]#[O+].[C-]#[O+].[C-]#[O+].[C-]#[O+].[Cl][Sn]([Cl])[c]1ccccc1.[Cl][Sn]([Cl])[c]1ccccc1.[Mo].[Mo]. The summed E-state index contributed by atoms with van der Waals surface area (Å²) in [5, 5.41) is 0. The van der Waals surface area contributed by atoms with Crippen molar-refractivity contribution in [2.45, 2.75) is 0 Å². The van der Waals surface area contributed by atoms with E-state index in [-0.39, 0.29) is 53.7 Å². The molecule has 8 nitrogen and oxygen atoms in total. The Kier molecular flexibility index (Phi) is 57.1. The van der Waals surface area contributed by atoms with Crippen molar-refractivity contribution < 1.29 is 79.6 Å². The summed E-state index contributed by atoms with van der Waals surface area (Å²) in [5.74, 6) is 1.28. The number of halogens is 4. The van der Waals surface area contributed by atoms with Gasteiger partial charge >= 0.3 is 206 Å². The first-order valence-corrected chi connectivity index (χ1v) is 30.0. The molecule has 3 aromatic carbocycles. The Balaban J connectivity index is -0.000000141. The van der Waals surface area contributed by atoms with Crippen LogP contribution in [-0.2, 0) is 70.0 Å². The molecule has 2 aliphatic carbocycles. The third-order valence-electron chi connectivity index (χ3n) is 5.24. The molecular weight excluding hydrogens is 1130 g/mol. The average Bonchev–Trinajstić information content (AvgIpc) is 3.97. The van der Waals surface area contributed by atoms with Crippen LogP contribution < -0.4 is 7.16 Å². The number of carbonyl (C=O) groups is 2. The van der Waals surface area contributed by atoms with Gasteiger partial charge in [0.05, 0.1) is 11.8 Å². The van der Waals surface area contributed by atoms with E-state index in [0.717, 1.165) is 7.16 Å². The second-order valence-corrected chi connectivity index (χ2v) is 26.8. The molecule has 0 amide bonds. The van der Waals surface area contributed by atoms with Crippen LogP contribution in [0, 0.1) is 103 Å². The molecule has 0 bridgehead atoms. The molecule has 16 heteroatoms. The molecule has 2 fully saturated rings. The summed E-state index contributed by atoms with van der Waals surface area (Å²) < 4.78 is 47.3. The normalized spacial score (nSPS) is 11.6. The largest absolute Gasteiger partial charge is 0 e. The third-order valence-corrected chi connectivity index (χ3v) is 15.5. The zero-order valence-electron chi connectivity index (χ0n) is 26.3. The Bertz CT molecular complexity index is 1270. The summed E-state index contributed by atoms with van der Waals surface area (Å²) in [7, 11) is 23.1. The van der Waals surface area contributed by atoms with Crippen molar-refractivity contribution in [3.05, 3.63) is 199 Å². The first-order valence-electron chi connectivity index (χ1n) is 12.7. The first-order chi connectivity index (χ1) is 24.4. The molecule has 52 heavy (non-hydrogen) atoms. The molecule has 2 aliphatic rings. The first kappa shape index (κ1) is 63.5. The summed E-state index contributed by atoms with van der Waals surface area (Å²) in [6.07, 6.45) is 14.5. The van der Waals surface area contributed by atoms with Crippen molar-refractivity contribution in [3.8, 4) is 0 Å². The molecule has 0 N–H and O–H groups in total. The van der Waals surface area contributed by atoms with Gasteiger partial charge in [-0.1, -0.05) is 24.3 Å². The Morgan fingerprint density at radius 1 is 0.404 bits per heavy atom. The summed E-state index contributed by atoms with van der Waals surface area (Å²) in [4.78, 5) is 24.3. The molecule has 5 rings (SSSR count). The predicted molar refractivity (Wildman–Crippen MR) is 187 cm³/mol. The van der Waals surface area contributed by atoms with Crippen molar-refractivity contribution in [2.75, 3.05) is 0 Å². The van der Waals surface area contributed by atoms with E-state index in [1.807, 2.05) is 86.3 Å². The van der Waals surface area contributed by atoms with E-state index in [4.69, 9.17) is 63.6 Å². The third kappa shape index (κ3) is 28.9. The molecule has 2 saturated carbocycles. The van der Waals surface area contributed by atoms with Gasteiger partial charge in [-0.3, -0.25) is 9.59 Å². The van der Waals surface area contributed by atoms with E-state index in [0.29, 0.717) is 23.0 Å². The fraction of sp³-hybridized carbons (Fsp3) is 0. The Labute approximate surface area is 364 Å². The van der Waals surface area contributed by atoms with Gasteiger partial charge in [-0.15, -0.1) is 0 Å². The van der Waals surface area contributed by atoms with Crippen LogP contribution in [0.5, 0.6) is 0 Å². The van der Waals surface area contributed by atoms with Crippen molar-refractivity contribution in [1.29, 1.82) is 0 Å². The Morgan fingerprint density at radius 2 is 0.615 bits per heavy atom. The zero-order chi connectivity index (χ0) is 39.3. The molecular formula is C36H22Cl4Mo2O8Sn2. The quantitative estimate of drug-likeness (QED) is 0.122. The molecule has 0 spiro atoms. The minimum Gasteiger partial charge on any atom is 0 e. The number of benzene rings is 3. The van der Waals surface area contributed by atoms with Crippen LogP contribution in [0.1, 0.15) is 20.7 Å². The van der Waals surface area contributed by atoms with E-state index in [1.165, 1.54) is 0 Å². The number of carbonyl (C=O) groups excluding carboxylic acids is 2. The van der Waals surface area contributed by atoms with Crippen molar-refractivity contribution >= 4 is 89.4 Å².